The van der Waals surface area contributed by atoms with Crippen molar-refractivity contribution in [2.24, 2.45) is 5.92 Å². The molecule has 0 unspecified atom stereocenters. The number of hydrogen-bond acceptors (Lipinski definition) is 2. The molecule has 0 saturated heterocycles. The Labute approximate surface area is 113 Å². The van der Waals surface area contributed by atoms with Gasteiger partial charge in [-0.1, -0.05) is 44.2 Å². The van der Waals surface area contributed by atoms with Gasteiger partial charge in [0.15, 0.2) is 0 Å². The molecule has 4 nitrogen and oxygen atoms in total. The molecule has 0 aliphatic heterocycles. The van der Waals surface area contributed by atoms with Crippen molar-refractivity contribution in [3.05, 3.63) is 52.2 Å². The molecule has 1 aromatic heterocycles. The van der Waals surface area contributed by atoms with Crippen molar-refractivity contribution in [3.63, 3.8) is 0 Å². The molecule has 2 rings (SSSR count). The summed E-state index contributed by atoms with van der Waals surface area (Å²) in [5, 5.41) is 6.73. The number of aromatic amines is 1. The fourth-order valence-corrected chi connectivity index (χ4v) is 2.13. The number of hydrogen-bond donors (Lipinski definition) is 1. The Kier molecular flexibility index (Phi) is 4.20. The van der Waals surface area contributed by atoms with Crippen molar-refractivity contribution < 1.29 is 0 Å². The highest BCUT2D eigenvalue weighted by molar-refractivity contribution is 5.15. The zero-order chi connectivity index (χ0) is 13.8. The first kappa shape index (κ1) is 13.6. The largest absolute Gasteiger partial charge is 0.343 e. The van der Waals surface area contributed by atoms with Crippen molar-refractivity contribution in [1.29, 1.82) is 0 Å². The Bertz CT molecular complexity index is 569. The first-order valence-electron chi connectivity index (χ1n) is 6.79. The van der Waals surface area contributed by atoms with Gasteiger partial charge in [-0.25, -0.2) is 9.89 Å². The number of aryl methyl sites for hydroxylation is 2. The van der Waals surface area contributed by atoms with E-state index in [1.807, 2.05) is 18.2 Å². The molecule has 1 aromatic carbocycles. The lowest BCUT2D eigenvalue weighted by molar-refractivity contribution is 0.387. The van der Waals surface area contributed by atoms with Gasteiger partial charge in [-0.05, 0) is 24.8 Å². The summed E-state index contributed by atoms with van der Waals surface area (Å²) < 4.78 is 1.79. The van der Waals surface area contributed by atoms with Crippen molar-refractivity contribution in [2.45, 2.75) is 39.7 Å². The minimum atomic E-state index is -0.107. The van der Waals surface area contributed by atoms with Gasteiger partial charge >= 0.3 is 5.69 Å². The lowest BCUT2D eigenvalue weighted by Gasteiger charge is -2.18. The van der Waals surface area contributed by atoms with Crippen LogP contribution in [-0.2, 0) is 12.8 Å². The second-order valence-corrected chi connectivity index (χ2v) is 5.29. The molecule has 0 bridgehead atoms. The molecule has 1 N–H and O–H groups in total. The molecular weight excluding hydrogens is 238 g/mol. The van der Waals surface area contributed by atoms with Crippen LogP contribution < -0.4 is 5.69 Å². The topological polar surface area (TPSA) is 50.7 Å². The third-order valence-electron chi connectivity index (χ3n) is 3.63. The average molecular weight is 259 g/mol. The maximum absolute atomic E-state index is 11.8. The molecule has 0 spiro atoms. The van der Waals surface area contributed by atoms with E-state index in [0.717, 1.165) is 18.7 Å². The molecule has 19 heavy (non-hydrogen) atoms. The summed E-state index contributed by atoms with van der Waals surface area (Å²) in [5.74, 6) is 1.25. The van der Waals surface area contributed by atoms with E-state index in [9.17, 15) is 4.79 Å². The predicted molar refractivity (Wildman–Crippen MR) is 76.2 cm³/mol. The zero-order valence-corrected chi connectivity index (χ0v) is 11.8. The third kappa shape index (κ3) is 3.13. The second-order valence-electron chi connectivity index (χ2n) is 5.29. The maximum atomic E-state index is 11.8. The Balaban J connectivity index is 2.15. The lowest BCUT2D eigenvalue weighted by atomic mass is 10.1. The molecule has 4 heteroatoms. The monoisotopic (exact) mass is 259 g/mol. The molecule has 2 aromatic rings. The summed E-state index contributed by atoms with van der Waals surface area (Å²) in [6, 6.07) is 10.4. The van der Waals surface area contributed by atoms with Crippen LogP contribution in [0.4, 0.5) is 0 Å². The summed E-state index contributed by atoms with van der Waals surface area (Å²) in [6.07, 6.45) is 1.68. The van der Waals surface area contributed by atoms with Crippen molar-refractivity contribution in [2.75, 3.05) is 0 Å². The second kappa shape index (κ2) is 5.87. The van der Waals surface area contributed by atoms with Crippen LogP contribution in [0.1, 0.15) is 38.2 Å². The van der Waals surface area contributed by atoms with Crippen LogP contribution >= 0.6 is 0 Å². The van der Waals surface area contributed by atoms with Gasteiger partial charge in [0.1, 0.15) is 5.82 Å². The summed E-state index contributed by atoms with van der Waals surface area (Å²) in [4.78, 5) is 11.8. The van der Waals surface area contributed by atoms with Gasteiger partial charge in [0.25, 0.3) is 0 Å². The highest BCUT2D eigenvalue weighted by Gasteiger charge is 2.17. The Morgan fingerprint density at radius 1 is 1.16 bits per heavy atom. The first-order valence-corrected chi connectivity index (χ1v) is 6.79. The van der Waals surface area contributed by atoms with E-state index >= 15 is 0 Å². The fraction of sp³-hybridized carbons (Fsp3) is 0.467. The number of nitrogens with one attached hydrogen (secondary N) is 1. The van der Waals surface area contributed by atoms with Crippen LogP contribution in [0.15, 0.2) is 35.1 Å². The van der Waals surface area contributed by atoms with Crippen molar-refractivity contribution in [1.82, 2.24) is 14.8 Å². The summed E-state index contributed by atoms with van der Waals surface area (Å²) in [5.41, 5.74) is 1.16. The number of rotatable bonds is 5. The molecule has 102 valence electrons. The molecule has 0 radical (unpaired) electrons. The van der Waals surface area contributed by atoms with Gasteiger partial charge < -0.3 is 0 Å². The van der Waals surface area contributed by atoms with Crippen molar-refractivity contribution in [3.8, 4) is 0 Å². The van der Waals surface area contributed by atoms with Gasteiger partial charge in [-0.3, -0.25) is 4.57 Å². The SMILES string of the molecule is CC(C)[C@@H](C)n1c(CCc2ccccc2)n[nH]c1=O. The first-order chi connectivity index (χ1) is 9.09. The number of H-pyrrole nitrogens is 1. The van der Waals surface area contributed by atoms with E-state index in [-0.39, 0.29) is 11.7 Å². The van der Waals surface area contributed by atoms with Crippen LogP contribution in [0.5, 0.6) is 0 Å². The summed E-state index contributed by atoms with van der Waals surface area (Å²) in [6.45, 7) is 6.30. The third-order valence-corrected chi connectivity index (χ3v) is 3.63. The Morgan fingerprint density at radius 3 is 2.47 bits per heavy atom. The number of nitrogens with zero attached hydrogens (tertiary/aromatic N) is 2. The molecular formula is C15H21N3O. The van der Waals surface area contributed by atoms with Crippen LogP contribution in [0, 0.1) is 5.92 Å². The summed E-state index contributed by atoms with van der Waals surface area (Å²) in [7, 11) is 0. The van der Waals surface area contributed by atoms with E-state index in [1.54, 1.807) is 4.57 Å². The zero-order valence-electron chi connectivity index (χ0n) is 11.8. The number of aromatic nitrogens is 3. The van der Waals surface area contributed by atoms with Crippen molar-refractivity contribution >= 4 is 0 Å². The minimum Gasteiger partial charge on any atom is -0.276 e. The molecule has 0 saturated carbocycles. The molecule has 0 amide bonds. The molecule has 1 atom stereocenters. The quantitative estimate of drug-likeness (QED) is 0.897. The van der Waals surface area contributed by atoms with E-state index in [1.165, 1.54) is 5.56 Å². The standard InChI is InChI=1S/C15H21N3O/c1-11(2)12(3)18-14(16-17-15(18)19)10-9-13-7-5-4-6-8-13/h4-8,11-12H,9-10H2,1-3H3,(H,17,19)/t12-/m1/s1. The van der Waals surface area contributed by atoms with E-state index < -0.39 is 0 Å². The van der Waals surface area contributed by atoms with Crippen LogP contribution in [0.25, 0.3) is 0 Å². The van der Waals surface area contributed by atoms with Crippen LogP contribution in [0.2, 0.25) is 0 Å². The van der Waals surface area contributed by atoms with E-state index in [4.69, 9.17) is 0 Å². The molecule has 0 aliphatic carbocycles. The number of benzene rings is 1. The summed E-state index contributed by atoms with van der Waals surface area (Å²) >= 11 is 0. The predicted octanol–water partition coefficient (Wildman–Crippen LogP) is 2.57. The highest BCUT2D eigenvalue weighted by atomic mass is 16.1. The highest BCUT2D eigenvalue weighted by Crippen LogP contribution is 2.16. The molecule has 0 aliphatic rings. The van der Waals surface area contributed by atoms with Gasteiger partial charge in [0.05, 0.1) is 0 Å². The maximum Gasteiger partial charge on any atom is 0.343 e. The van der Waals surface area contributed by atoms with E-state index in [2.05, 4.69) is 43.1 Å². The average Bonchev–Trinajstić information content (AvgIpc) is 2.77. The Hall–Kier alpha value is -1.84. The fourth-order valence-electron chi connectivity index (χ4n) is 2.13. The molecule has 1 heterocycles. The van der Waals surface area contributed by atoms with Gasteiger partial charge in [-0.2, -0.15) is 5.10 Å². The van der Waals surface area contributed by atoms with Crippen LogP contribution in [-0.4, -0.2) is 14.8 Å². The van der Waals surface area contributed by atoms with Gasteiger partial charge in [-0.15, -0.1) is 0 Å². The lowest BCUT2D eigenvalue weighted by Crippen LogP contribution is -2.25. The normalized spacial score (nSPS) is 12.8. The van der Waals surface area contributed by atoms with Gasteiger partial charge in [0, 0.05) is 12.5 Å². The molecule has 0 fully saturated rings. The smallest absolute Gasteiger partial charge is 0.276 e. The Morgan fingerprint density at radius 2 is 1.84 bits per heavy atom. The van der Waals surface area contributed by atoms with Crippen LogP contribution in [0.3, 0.4) is 0 Å². The minimum absolute atomic E-state index is 0.107. The van der Waals surface area contributed by atoms with E-state index in [0.29, 0.717) is 5.92 Å². The van der Waals surface area contributed by atoms with Gasteiger partial charge in [0.2, 0.25) is 0 Å².